The fourth-order valence-corrected chi connectivity index (χ4v) is 3.59. The van der Waals surface area contributed by atoms with Gasteiger partial charge in [0.05, 0.1) is 12.5 Å². The molecule has 4 amide bonds. The van der Waals surface area contributed by atoms with Crippen molar-refractivity contribution < 1.29 is 39.0 Å². The van der Waals surface area contributed by atoms with Crippen LogP contribution in [0.5, 0.6) is 0 Å². The van der Waals surface area contributed by atoms with E-state index in [1.54, 1.807) is 13.8 Å². The number of hydrogen-bond acceptors (Lipinski definition) is 7. The molecule has 0 radical (unpaired) electrons. The van der Waals surface area contributed by atoms with Crippen molar-refractivity contribution in [3.05, 3.63) is 0 Å². The van der Waals surface area contributed by atoms with Crippen molar-refractivity contribution in [1.29, 1.82) is 0 Å². The summed E-state index contributed by atoms with van der Waals surface area (Å²) in [4.78, 5) is 72.7. The highest BCUT2D eigenvalue weighted by Crippen LogP contribution is 2.19. The second-order valence-electron chi connectivity index (χ2n) is 8.49. The molecule has 13 nitrogen and oxygen atoms in total. The molecule has 0 saturated carbocycles. The Morgan fingerprint density at radius 1 is 1.06 bits per heavy atom. The first-order valence-electron chi connectivity index (χ1n) is 10.7. The fraction of sp³-hybridized carbons (Fsp3) is 0.700. The van der Waals surface area contributed by atoms with Gasteiger partial charge in [-0.1, -0.05) is 13.8 Å². The van der Waals surface area contributed by atoms with Crippen LogP contribution in [0.4, 0.5) is 0 Å². The van der Waals surface area contributed by atoms with Gasteiger partial charge in [-0.05, 0) is 31.6 Å². The van der Waals surface area contributed by atoms with Gasteiger partial charge in [-0.2, -0.15) is 0 Å². The number of aliphatic carboxylic acids is 2. The van der Waals surface area contributed by atoms with Gasteiger partial charge in [-0.15, -0.1) is 0 Å². The number of carbonyl (C=O) groups excluding carboxylic acids is 4. The first kappa shape index (κ1) is 27.8. The molecule has 0 aromatic carbocycles. The van der Waals surface area contributed by atoms with Gasteiger partial charge in [0.25, 0.3) is 0 Å². The quantitative estimate of drug-likeness (QED) is 0.177. The second-order valence-corrected chi connectivity index (χ2v) is 8.49. The van der Waals surface area contributed by atoms with Crippen LogP contribution in [-0.2, 0) is 28.8 Å². The second kappa shape index (κ2) is 12.7. The first-order valence-corrected chi connectivity index (χ1v) is 10.7. The topological polar surface area (TPSA) is 222 Å². The lowest BCUT2D eigenvalue weighted by Gasteiger charge is -2.29. The number of hydrogen-bond donors (Lipinski definition) is 6. The van der Waals surface area contributed by atoms with Gasteiger partial charge in [0.15, 0.2) is 0 Å². The highest BCUT2D eigenvalue weighted by molar-refractivity contribution is 5.95. The number of carboxylic acids is 2. The minimum atomic E-state index is -1.43. The monoisotopic (exact) mass is 471 g/mol. The minimum absolute atomic E-state index is 0.0475. The fourth-order valence-electron chi connectivity index (χ4n) is 3.59. The number of nitrogens with zero attached hydrogens (tertiary/aromatic N) is 1. The SMILES string of the molecule is CC(C)CC(NC(=O)C1CCCN1C(=O)C(N)CC(N)=O)C(=O)NC(CCC(=O)O)C(=O)O. The summed E-state index contributed by atoms with van der Waals surface area (Å²) in [5.74, 6) is -5.37. The zero-order chi connectivity index (χ0) is 25.3. The van der Waals surface area contributed by atoms with Gasteiger partial charge < -0.3 is 37.2 Å². The van der Waals surface area contributed by atoms with Crippen molar-refractivity contribution in [1.82, 2.24) is 15.5 Å². The van der Waals surface area contributed by atoms with Gasteiger partial charge in [-0.3, -0.25) is 24.0 Å². The molecular weight excluding hydrogens is 438 g/mol. The van der Waals surface area contributed by atoms with Crippen molar-refractivity contribution >= 4 is 35.6 Å². The van der Waals surface area contributed by atoms with Crippen molar-refractivity contribution in [2.75, 3.05) is 6.54 Å². The summed E-state index contributed by atoms with van der Waals surface area (Å²) in [6.45, 7) is 3.86. The van der Waals surface area contributed by atoms with Crippen LogP contribution in [0.3, 0.4) is 0 Å². The standard InChI is InChI=1S/C20H33N5O8/c1-10(2)8-13(17(29)23-12(20(32)33)5-6-16(27)28)24-18(30)14-4-3-7-25(14)19(31)11(21)9-15(22)26/h10-14H,3-9,21H2,1-2H3,(H2,22,26)(H,23,29)(H,24,30)(H,27,28)(H,32,33). The molecule has 4 unspecified atom stereocenters. The van der Waals surface area contributed by atoms with Crippen LogP contribution >= 0.6 is 0 Å². The van der Waals surface area contributed by atoms with E-state index in [9.17, 15) is 33.9 Å². The molecule has 1 fully saturated rings. The number of amides is 4. The van der Waals surface area contributed by atoms with Crippen molar-refractivity contribution in [3.63, 3.8) is 0 Å². The predicted octanol–water partition coefficient (Wildman–Crippen LogP) is -1.85. The molecule has 4 atom stereocenters. The van der Waals surface area contributed by atoms with E-state index in [-0.39, 0.29) is 31.7 Å². The zero-order valence-corrected chi connectivity index (χ0v) is 18.8. The zero-order valence-electron chi connectivity index (χ0n) is 18.8. The van der Waals surface area contributed by atoms with E-state index in [1.807, 2.05) is 0 Å². The molecule has 0 aliphatic carbocycles. The predicted molar refractivity (Wildman–Crippen MR) is 114 cm³/mol. The third-order valence-corrected chi connectivity index (χ3v) is 5.18. The van der Waals surface area contributed by atoms with Crippen molar-refractivity contribution in [2.24, 2.45) is 17.4 Å². The number of likely N-dealkylation sites (tertiary alicyclic amines) is 1. The molecule has 13 heteroatoms. The summed E-state index contributed by atoms with van der Waals surface area (Å²) in [6.07, 6.45) is -0.109. The Labute approximate surface area is 191 Å². The van der Waals surface area contributed by atoms with Crippen molar-refractivity contribution in [3.8, 4) is 0 Å². The Balaban J connectivity index is 2.91. The van der Waals surface area contributed by atoms with Crippen LogP contribution in [-0.4, -0.2) is 81.4 Å². The van der Waals surface area contributed by atoms with Crippen LogP contribution in [0.25, 0.3) is 0 Å². The molecular formula is C20H33N5O8. The highest BCUT2D eigenvalue weighted by atomic mass is 16.4. The maximum atomic E-state index is 12.9. The van der Waals surface area contributed by atoms with E-state index in [4.69, 9.17) is 16.6 Å². The van der Waals surface area contributed by atoms with Crippen molar-refractivity contribution in [2.45, 2.75) is 76.5 Å². The van der Waals surface area contributed by atoms with Crippen LogP contribution in [0.2, 0.25) is 0 Å². The number of nitrogens with two attached hydrogens (primary N) is 2. The Bertz CT molecular complexity index is 772. The Morgan fingerprint density at radius 2 is 1.70 bits per heavy atom. The lowest BCUT2D eigenvalue weighted by atomic mass is 10.0. The van der Waals surface area contributed by atoms with Gasteiger partial charge in [0.1, 0.15) is 18.1 Å². The molecule has 8 N–H and O–H groups in total. The molecule has 0 aromatic heterocycles. The molecule has 1 heterocycles. The first-order chi connectivity index (χ1) is 15.3. The summed E-state index contributed by atoms with van der Waals surface area (Å²) in [5, 5.41) is 22.9. The van der Waals surface area contributed by atoms with E-state index >= 15 is 0 Å². The molecule has 33 heavy (non-hydrogen) atoms. The molecule has 0 bridgehead atoms. The third kappa shape index (κ3) is 9.04. The number of primary amides is 1. The molecule has 1 saturated heterocycles. The summed E-state index contributed by atoms with van der Waals surface area (Å²) in [6, 6.07) is -4.62. The minimum Gasteiger partial charge on any atom is -0.481 e. The normalized spacial score (nSPS) is 18.3. The molecule has 186 valence electrons. The summed E-state index contributed by atoms with van der Waals surface area (Å²) >= 11 is 0. The van der Waals surface area contributed by atoms with Crippen LogP contribution < -0.4 is 22.1 Å². The van der Waals surface area contributed by atoms with Crippen LogP contribution in [0.1, 0.15) is 52.4 Å². The molecule has 0 spiro atoms. The van der Waals surface area contributed by atoms with Gasteiger partial charge in [0, 0.05) is 13.0 Å². The van der Waals surface area contributed by atoms with Gasteiger partial charge in [0.2, 0.25) is 23.6 Å². The molecule has 0 aromatic rings. The maximum Gasteiger partial charge on any atom is 0.326 e. The Kier molecular flexibility index (Phi) is 10.7. The van der Waals surface area contributed by atoms with Gasteiger partial charge >= 0.3 is 11.9 Å². The van der Waals surface area contributed by atoms with E-state index in [1.165, 1.54) is 4.90 Å². The highest BCUT2D eigenvalue weighted by Gasteiger charge is 2.38. The molecule has 1 aliphatic heterocycles. The molecule has 1 aliphatic rings. The number of carboxylic acid groups (broad SMARTS) is 2. The summed E-state index contributed by atoms with van der Waals surface area (Å²) in [5.41, 5.74) is 10.8. The van der Waals surface area contributed by atoms with E-state index < -0.39 is 66.2 Å². The number of carbonyl (C=O) groups is 6. The van der Waals surface area contributed by atoms with Crippen LogP contribution in [0.15, 0.2) is 0 Å². The average molecular weight is 472 g/mol. The lowest BCUT2D eigenvalue weighted by molar-refractivity contribution is -0.144. The Morgan fingerprint density at radius 3 is 2.21 bits per heavy atom. The number of rotatable bonds is 13. The average Bonchev–Trinajstić information content (AvgIpc) is 3.18. The summed E-state index contributed by atoms with van der Waals surface area (Å²) in [7, 11) is 0. The van der Waals surface area contributed by atoms with Gasteiger partial charge in [-0.25, -0.2) is 4.79 Å². The lowest BCUT2D eigenvalue weighted by Crippen LogP contribution is -2.57. The maximum absolute atomic E-state index is 12.9. The van der Waals surface area contributed by atoms with Crippen LogP contribution in [0, 0.1) is 5.92 Å². The van der Waals surface area contributed by atoms with E-state index in [0.29, 0.717) is 12.8 Å². The third-order valence-electron chi connectivity index (χ3n) is 5.18. The van der Waals surface area contributed by atoms with E-state index in [0.717, 1.165) is 0 Å². The number of nitrogens with one attached hydrogen (secondary N) is 2. The van der Waals surface area contributed by atoms with E-state index in [2.05, 4.69) is 10.6 Å². The smallest absolute Gasteiger partial charge is 0.326 e. The molecule has 1 rings (SSSR count). The Hall–Kier alpha value is -3.22. The largest absolute Gasteiger partial charge is 0.481 e. The summed E-state index contributed by atoms with van der Waals surface area (Å²) < 4.78 is 0.